The van der Waals surface area contributed by atoms with Crippen molar-refractivity contribution in [2.75, 3.05) is 19.0 Å². The third-order valence-corrected chi connectivity index (χ3v) is 3.90. The minimum atomic E-state index is -1.03. The maximum Gasteiger partial charge on any atom is 0.341 e. The Labute approximate surface area is 116 Å². The normalized spacial score (nSPS) is 10.4. The summed E-state index contributed by atoms with van der Waals surface area (Å²) in [4.78, 5) is 22.0. The molecule has 2 aromatic heterocycles. The molecule has 2 aromatic rings. The van der Waals surface area contributed by atoms with Crippen molar-refractivity contribution < 1.29 is 9.90 Å². The van der Waals surface area contributed by atoms with Crippen LogP contribution in [-0.2, 0) is 0 Å². The topological polar surface area (TPSA) is 66.3 Å². The standard InChI is InChI=1S/C11H10BrN3O2S/c1-15(2)10-7(11(16)17)4-13-9(14-10)8-3-6(12)5-18-8/h3-5H,1-2H3,(H,16,17). The van der Waals surface area contributed by atoms with Gasteiger partial charge in [0.2, 0.25) is 0 Å². The molecule has 18 heavy (non-hydrogen) atoms. The first kappa shape index (κ1) is 13.0. The number of carboxylic acids is 1. The molecule has 0 aliphatic carbocycles. The summed E-state index contributed by atoms with van der Waals surface area (Å²) in [6, 6.07) is 1.90. The van der Waals surface area contributed by atoms with Crippen molar-refractivity contribution in [2.24, 2.45) is 0 Å². The van der Waals surface area contributed by atoms with Gasteiger partial charge in [-0.2, -0.15) is 0 Å². The van der Waals surface area contributed by atoms with E-state index in [1.54, 1.807) is 19.0 Å². The summed E-state index contributed by atoms with van der Waals surface area (Å²) in [5.41, 5.74) is 0.0966. The van der Waals surface area contributed by atoms with E-state index in [2.05, 4.69) is 25.9 Å². The summed E-state index contributed by atoms with van der Waals surface area (Å²) < 4.78 is 0.958. The highest BCUT2D eigenvalue weighted by molar-refractivity contribution is 9.10. The van der Waals surface area contributed by atoms with Crippen molar-refractivity contribution in [3.8, 4) is 10.7 Å². The monoisotopic (exact) mass is 327 g/mol. The van der Waals surface area contributed by atoms with E-state index in [4.69, 9.17) is 5.11 Å². The zero-order valence-electron chi connectivity index (χ0n) is 9.72. The summed E-state index contributed by atoms with van der Waals surface area (Å²) in [6.07, 6.45) is 1.34. The van der Waals surface area contributed by atoms with Gasteiger partial charge in [-0.05, 0) is 22.0 Å². The van der Waals surface area contributed by atoms with Crippen molar-refractivity contribution >= 4 is 39.1 Å². The number of aromatic nitrogens is 2. The van der Waals surface area contributed by atoms with Crippen LogP contribution in [0, 0.1) is 0 Å². The molecule has 0 saturated heterocycles. The van der Waals surface area contributed by atoms with Crippen molar-refractivity contribution in [3.05, 3.63) is 27.7 Å². The van der Waals surface area contributed by atoms with Crippen LogP contribution < -0.4 is 4.90 Å². The van der Waals surface area contributed by atoms with Crippen LogP contribution in [0.25, 0.3) is 10.7 Å². The first-order chi connectivity index (χ1) is 8.49. The van der Waals surface area contributed by atoms with Gasteiger partial charge in [0.15, 0.2) is 5.82 Å². The molecule has 1 N–H and O–H groups in total. The van der Waals surface area contributed by atoms with Crippen LogP contribution in [0.4, 0.5) is 5.82 Å². The second-order valence-corrected chi connectivity index (χ2v) is 5.59. The molecule has 0 aliphatic heterocycles. The molecule has 0 radical (unpaired) electrons. The molecule has 0 unspecified atom stereocenters. The Kier molecular flexibility index (Phi) is 3.63. The number of carbonyl (C=O) groups is 1. The minimum Gasteiger partial charge on any atom is -0.477 e. The van der Waals surface area contributed by atoms with Gasteiger partial charge in [-0.25, -0.2) is 14.8 Å². The summed E-state index contributed by atoms with van der Waals surface area (Å²) >= 11 is 4.86. The molecule has 0 saturated carbocycles. The van der Waals surface area contributed by atoms with E-state index >= 15 is 0 Å². The first-order valence-corrected chi connectivity index (χ1v) is 6.68. The fourth-order valence-electron chi connectivity index (χ4n) is 1.41. The van der Waals surface area contributed by atoms with Gasteiger partial charge >= 0.3 is 5.97 Å². The highest BCUT2D eigenvalue weighted by Crippen LogP contribution is 2.29. The number of carboxylic acid groups (broad SMARTS) is 1. The van der Waals surface area contributed by atoms with Gasteiger partial charge in [0, 0.05) is 30.1 Å². The zero-order valence-corrected chi connectivity index (χ0v) is 12.1. The Bertz CT molecular complexity index is 598. The van der Waals surface area contributed by atoms with Gasteiger partial charge in [0.1, 0.15) is 11.4 Å². The summed E-state index contributed by atoms with van der Waals surface area (Å²) in [5.74, 6) is -0.103. The molecule has 0 amide bonds. The largest absolute Gasteiger partial charge is 0.477 e. The van der Waals surface area contributed by atoms with E-state index in [9.17, 15) is 4.79 Å². The van der Waals surface area contributed by atoms with Crippen LogP contribution in [0.5, 0.6) is 0 Å². The Balaban J connectivity index is 2.53. The van der Waals surface area contributed by atoms with Crippen LogP contribution in [-0.4, -0.2) is 35.1 Å². The quantitative estimate of drug-likeness (QED) is 0.938. The van der Waals surface area contributed by atoms with Crippen molar-refractivity contribution in [1.29, 1.82) is 0 Å². The number of rotatable bonds is 3. The molecule has 0 bridgehead atoms. The van der Waals surface area contributed by atoms with Gasteiger partial charge in [0.05, 0.1) is 4.88 Å². The maximum atomic E-state index is 11.1. The summed E-state index contributed by atoms with van der Waals surface area (Å²) in [7, 11) is 3.51. The molecular formula is C11H10BrN3O2S. The predicted octanol–water partition coefficient (Wildman–Crippen LogP) is 2.73. The number of anilines is 1. The number of nitrogens with zero attached hydrogens (tertiary/aromatic N) is 3. The molecule has 0 aromatic carbocycles. The average molecular weight is 328 g/mol. The SMILES string of the molecule is CN(C)c1nc(-c2cc(Br)cs2)ncc1C(=O)O. The molecule has 0 fully saturated rings. The molecular weight excluding hydrogens is 318 g/mol. The number of halogens is 1. The van der Waals surface area contributed by atoms with E-state index in [-0.39, 0.29) is 5.56 Å². The Hall–Kier alpha value is -1.47. The fraction of sp³-hybridized carbons (Fsp3) is 0.182. The van der Waals surface area contributed by atoms with Gasteiger partial charge in [-0.3, -0.25) is 0 Å². The Morgan fingerprint density at radius 2 is 2.22 bits per heavy atom. The molecule has 5 nitrogen and oxygen atoms in total. The highest BCUT2D eigenvalue weighted by Gasteiger charge is 2.16. The third kappa shape index (κ3) is 2.51. The number of aromatic carboxylic acids is 1. The number of hydrogen-bond donors (Lipinski definition) is 1. The van der Waals surface area contributed by atoms with Crippen molar-refractivity contribution in [1.82, 2.24) is 9.97 Å². The van der Waals surface area contributed by atoms with Gasteiger partial charge in [-0.1, -0.05) is 0 Å². The molecule has 7 heteroatoms. The molecule has 94 valence electrons. The lowest BCUT2D eigenvalue weighted by Crippen LogP contribution is -2.16. The Morgan fingerprint density at radius 1 is 1.50 bits per heavy atom. The van der Waals surface area contributed by atoms with E-state index < -0.39 is 5.97 Å². The van der Waals surface area contributed by atoms with Gasteiger partial charge in [-0.15, -0.1) is 11.3 Å². The van der Waals surface area contributed by atoms with Crippen LogP contribution in [0.2, 0.25) is 0 Å². The van der Waals surface area contributed by atoms with E-state index in [0.717, 1.165) is 9.35 Å². The lowest BCUT2D eigenvalue weighted by Gasteiger charge is -2.14. The second-order valence-electron chi connectivity index (χ2n) is 3.76. The van der Waals surface area contributed by atoms with E-state index in [1.807, 2.05) is 11.4 Å². The van der Waals surface area contributed by atoms with E-state index in [1.165, 1.54) is 17.5 Å². The second kappa shape index (κ2) is 5.03. The third-order valence-electron chi connectivity index (χ3n) is 2.21. The fourth-order valence-corrected chi connectivity index (χ4v) is 2.78. The van der Waals surface area contributed by atoms with Gasteiger partial charge < -0.3 is 10.0 Å². The summed E-state index contributed by atoms with van der Waals surface area (Å²) in [6.45, 7) is 0. The molecule has 2 rings (SSSR count). The number of hydrogen-bond acceptors (Lipinski definition) is 5. The summed E-state index contributed by atoms with van der Waals surface area (Å²) in [5, 5.41) is 11.0. The molecule has 0 spiro atoms. The number of thiophene rings is 1. The molecule has 0 aliphatic rings. The molecule has 0 atom stereocenters. The van der Waals surface area contributed by atoms with Crippen LogP contribution in [0.1, 0.15) is 10.4 Å². The van der Waals surface area contributed by atoms with Crippen molar-refractivity contribution in [2.45, 2.75) is 0 Å². The zero-order chi connectivity index (χ0) is 13.3. The first-order valence-electron chi connectivity index (χ1n) is 5.01. The highest BCUT2D eigenvalue weighted by atomic mass is 79.9. The van der Waals surface area contributed by atoms with Crippen molar-refractivity contribution in [3.63, 3.8) is 0 Å². The maximum absolute atomic E-state index is 11.1. The minimum absolute atomic E-state index is 0.0966. The van der Waals surface area contributed by atoms with Crippen LogP contribution >= 0.6 is 27.3 Å². The van der Waals surface area contributed by atoms with E-state index in [0.29, 0.717) is 11.6 Å². The predicted molar refractivity (Wildman–Crippen MR) is 74.3 cm³/mol. The van der Waals surface area contributed by atoms with Crippen LogP contribution in [0.3, 0.4) is 0 Å². The Morgan fingerprint density at radius 3 is 2.72 bits per heavy atom. The average Bonchev–Trinajstić information content (AvgIpc) is 2.75. The lowest BCUT2D eigenvalue weighted by atomic mass is 10.3. The lowest BCUT2D eigenvalue weighted by molar-refractivity contribution is 0.0697. The van der Waals surface area contributed by atoms with Gasteiger partial charge in [0.25, 0.3) is 0 Å². The van der Waals surface area contributed by atoms with Crippen LogP contribution in [0.15, 0.2) is 22.1 Å². The molecule has 2 heterocycles. The smallest absolute Gasteiger partial charge is 0.341 e.